The highest BCUT2D eigenvalue weighted by atomic mass is 16.3. The van der Waals surface area contributed by atoms with Crippen LogP contribution in [0.2, 0.25) is 0 Å². The molecule has 1 unspecified atom stereocenters. The lowest BCUT2D eigenvalue weighted by Crippen LogP contribution is -2.55. The van der Waals surface area contributed by atoms with Crippen molar-refractivity contribution < 1.29 is 9.90 Å². The first kappa shape index (κ1) is 16.9. The summed E-state index contributed by atoms with van der Waals surface area (Å²) in [5.74, 6) is 0.589. The number of likely N-dealkylation sites (N-methyl/N-ethyl adjacent to an activating group) is 2. The highest BCUT2D eigenvalue weighted by Crippen LogP contribution is 2.35. The molecule has 1 N–H and O–H groups in total. The van der Waals surface area contributed by atoms with E-state index in [-0.39, 0.29) is 18.6 Å². The summed E-state index contributed by atoms with van der Waals surface area (Å²) in [5, 5.41) is 18.5. The van der Waals surface area contributed by atoms with Crippen molar-refractivity contribution in [1.29, 1.82) is 5.26 Å². The summed E-state index contributed by atoms with van der Waals surface area (Å²) in [6.45, 7) is 4.50. The largest absolute Gasteiger partial charge is 0.395 e. The molecule has 0 aromatic heterocycles. The number of nitrogens with zero attached hydrogens (tertiary/aromatic N) is 3. The van der Waals surface area contributed by atoms with Crippen LogP contribution in [-0.2, 0) is 4.79 Å². The SMILES string of the molecule is CC1CCC(C#N)(N(C)C(=O)C(C)N(C)CCO)CC1. The quantitative estimate of drug-likeness (QED) is 0.823. The zero-order chi connectivity index (χ0) is 15.3. The summed E-state index contributed by atoms with van der Waals surface area (Å²) in [4.78, 5) is 16.0. The molecule has 20 heavy (non-hydrogen) atoms. The van der Waals surface area contributed by atoms with E-state index >= 15 is 0 Å². The average molecular weight is 281 g/mol. The Labute approximate surface area is 122 Å². The Morgan fingerprint density at radius 1 is 1.45 bits per heavy atom. The second-order valence-electron chi connectivity index (χ2n) is 6.10. The first-order chi connectivity index (χ1) is 9.38. The number of hydrogen-bond acceptors (Lipinski definition) is 4. The molecule has 0 radical (unpaired) electrons. The van der Waals surface area contributed by atoms with Gasteiger partial charge in [-0.3, -0.25) is 9.69 Å². The topological polar surface area (TPSA) is 67.6 Å². The van der Waals surface area contributed by atoms with E-state index in [9.17, 15) is 10.1 Å². The van der Waals surface area contributed by atoms with Crippen LogP contribution in [0.15, 0.2) is 0 Å². The van der Waals surface area contributed by atoms with E-state index in [0.29, 0.717) is 12.5 Å². The van der Waals surface area contributed by atoms with Gasteiger partial charge in [0.1, 0.15) is 5.54 Å². The number of carbonyl (C=O) groups is 1. The number of aliphatic hydroxyl groups is 1. The molecule has 0 bridgehead atoms. The van der Waals surface area contributed by atoms with Crippen LogP contribution in [0, 0.1) is 17.2 Å². The minimum atomic E-state index is -0.655. The summed E-state index contributed by atoms with van der Waals surface area (Å²) in [6.07, 6.45) is 3.49. The zero-order valence-electron chi connectivity index (χ0n) is 13.1. The predicted octanol–water partition coefficient (Wildman–Crippen LogP) is 1.23. The lowest BCUT2D eigenvalue weighted by atomic mass is 9.77. The molecule has 0 spiro atoms. The number of nitriles is 1. The smallest absolute Gasteiger partial charge is 0.240 e. The summed E-state index contributed by atoms with van der Waals surface area (Å²) < 4.78 is 0. The van der Waals surface area contributed by atoms with Gasteiger partial charge in [-0.25, -0.2) is 0 Å². The number of aliphatic hydroxyl groups excluding tert-OH is 1. The molecule has 0 aromatic carbocycles. The van der Waals surface area contributed by atoms with E-state index in [1.807, 2.05) is 18.9 Å². The molecule has 1 amide bonds. The number of hydrogen-bond donors (Lipinski definition) is 1. The van der Waals surface area contributed by atoms with Crippen LogP contribution < -0.4 is 0 Å². The van der Waals surface area contributed by atoms with Crippen LogP contribution in [0.5, 0.6) is 0 Å². The van der Waals surface area contributed by atoms with Crippen molar-refractivity contribution in [3.8, 4) is 6.07 Å². The van der Waals surface area contributed by atoms with Gasteiger partial charge in [-0.15, -0.1) is 0 Å². The maximum absolute atomic E-state index is 12.6. The summed E-state index contributed by atoms with van der Waals surface area (Å²) in [5.41, 5.74) is -0.655. The van der Waals surface area contributed by atoms with Gasteiger partial charge in [-0.05, 0) is 45.6 Å². The van der Waals surface area contributed by atoms with E-state index in [1.165, 1.54) is 0 Å². The van der Waals surface area contributed by atoms with Crippen molar-refractivity contribution in [1.82, 2.24) is 9.80 Å². The Bertz CT molecular complexity index is 370. The Kier molecular flexibility index (Phi) is 5.97. The third kappa shape index (κ3) is 3.50. The first-order valence-corrected chi connectivity index (χ1v) is 7.38. The molecule has 0 aliphatic heterocycles. The molecule has 114 valence electrons. The fourth-order valence-electron chi connectivity index (χ4n) is 2.79. The molecule has 5 nitrogen and oxygen atoms in total. The summed E-state index contributed by atoms with van der Waals surface area (Å²) in [7, 11) is 3.56. The summed E-state index contributed by atoms with van der Waals surface area (Å²) >= 11 is 0. The lowest BCUT2D eigenvalue weighted by Gasteiger charge is -2.42. The maximum Gasteiger partial charge on any atom is 0.240 e. The molecule has 0 aromatic rings. The molecule has 1 aliphatic carbocycles. The van der Waals surface area contributed by atoms with Crippen molar-refractivity contribution in [3.05, 3.63) is 0 Å². The third-order valence-corrected chi connectivity index (χ3v) is 4.75. The van der Waals surface area contributed by atoms with Crippen LogP contribution in [0.25, 0.3) is 0 Å². The molecule has 0 heterocycles. The Balaban J connectivity index is 2.78. The monoisotopic (exact) mass is 281 g/mol. The number of rotatable bonds is 5. The van der Waals surface area contributed by atoms with Gasteiger partial charge >= 0.3 is 0 Å². The standard InChI is InChI=1S/C15H27N3O2/c1-12-5-7-15(11-16,8-6-12)18(4)14(20)13(2)17(3)9-10-19/h12-13,19H,5-10H2,1-4H3. The van der Waals surface area contributed by atoms with Crippen molar-refractivity contribution >= 4 is 5.91 Å². The van der Waals surface area contributed by atoms with E-state index < -0.39 is 5.54 Å². The Morgan fingerprint density at radius 2 is 2.00 bits per heavy atom. The van der Waals surface area contributed by atoms with Gasteiger partial charge in [0.05, 0.1) is 18.7 Å². The van der Waals surface area contributed by atoms with Gasteiger partial charge in [0.15, 0.2) is 0 Å². The van der Waals surface area contributed by atoms with Crippen molar-refractivity contribution in [3.63, 3.8) is 0 Å². The second kappa shape index (κ2) is 7.05. The molecular formula is C15H27N3O2. The van der Waals surface area contributed by atoms with Crippen LogP contribution in [0.1, 0.15) is 39.5 Å². The zero-order valence-corrected chi connectivity index (χ0v) is 13.1. The van der Waals surface area contributed by atoms with Gasteiger partial charge in [0.2, 0.25) is 5.91 Å². The maximum atomic E-state index is 12.6. The van der Waals surface area contributed by atoms with Crippen molar-refractivity contribution in [2.75, 3.05) is 27.2 Å². The molecular weight excluding hydrogens is 254 g/mol. The minimum absolute atomic E-state index is 0.0265. The van der Waals surface area contributed by atoms with Gasteiger partial charge in [-0.2, -0.15) is 5.26 Å². The number of carbonyl (C=O) groups excluding carboxylic acids is 1. The summed E-state index contributed by atoms with van der Waals surface area (Å²) in [6, 6.07) is 2.06. The van der Waals surface area contributed by atoms with Crippen LogP contribution in [-0.4, -0.2) is 59.6 Å². The Hall–Kier alpha value is -1.12. The van der Waals surface area contributed by atoms with E-state index in [2.05, 4.69) is 13.0 Å². The van der Waals surface area contributed by atoms with Crippen molar-refractivity contribution in [2.24, 2.45) is 5.92 Å². The minimum Gasteiger partial charge on any atom is -0.395 e. The number of amides is 1. The van der Waals surface area contributed by atoms with E-state index in [0.717, 1.165) is 25.7 Å². The first-order valence-electron chi connectivity index (χ1n) is 7.38. The molecule has 0 saturated heterocycles. The fourth-order valence-corrected chi connectivity index (χ4v) is 2.79. The molecule has 5 heteroatoms. The molecule has 1 fully saturated rings. The van der Waals surface area contributed by atoms with Crippen LogP contribution >= 0.6 is 0 Å². The highest BCUT2D eigenvalue weighted by Gasteiger charge is 2.41. The van der Waals surface area contributed by atoms with Gasteiger partial charge in [0.25, 0.3) is 0 Å². The van der Waals surface area contributed by atoms with Crippen LogP contribution in [0.3, 0.4) is 0 Å². The molecule has 1 aliphatic rings. The fraction of sp³-hybridized carbons (Fsp3) is 0.867. The predicted molar refractivity (Wildman–Crippen MR) is 77.9 cm³/mol. The van der Waals surface area contributed by atoms with Crippen molar-refractivity contribution in [2.45, 2.75) is 51.1 Å². The second-order valence-corrected chi connectivity index (χ2v) is 6.10. The van der Waals surface area contributed by atoms with Gasteiger partial charge in [-0.1, -0.05) is 6.92 Å². The van der Waals surface area contributed by atoms with E-state index in [4.69, 9.17) is 5.11 Å². The van der Waals surface area contributed by atoms with Gasteiger partial charge in [0, 0.05) is 13.6 Å². The Morgan fingerprint density at radius 3 is 2.45 bits per heavy atom. The molecule has 1 rings (SSSR count). The molecule has 1 saturated carbocycles. The highest BCUT2D eigenvalue weighted by molar-refractivity contribution is 5.82. The third-order valence-electron chi connectivity index (χ3n) is 4.75. The normalized spacial score (nSPS) is 27.9. The van der Waals surface area contributed by atoms with Crippen LogP contribution in [0.4, 0.5) is 0 Å². The van der Waals surface area contributed by atoms with E-state index in [1.54, 1.807) is 11.9 Å². The molecule has 1 atom stereocenters. The van der Waals surface area contributed by atoms with Gasteiger partial charge < -0.3 is 10.0 Å². The lowest BCUT2D eigenvalue weighted by molar-refractivity contribution is -0.140. The average Bonchev–Trinajstić information content (AvgIpc) is 2.46.